The molecule has 20 heavy (non-hydrogen) atoms. The van der Waals surface area contributed by atoms with E-state index in [1.54, 1.807) is 11.1 Å². The minimum atomic E-state index is -0.849. The molecule has 0 atom stereocenters. The molecule has 0 saturated carbocycles. The molecule has 0 aliphatic heterocycles. The van der Waals surface area contributed by atoms with E-state index in [-0.39, 0.29) is 5.54 Å². The second-order valence-corrected chi connectivity index (χ2v) is 18.7. The number of hydrogen-bond acceptors (Lipinski definition) is 1. The lowest BCUT2D eigenvalue weighted by atomic mass is 10.1. The molecular weight excluding hydrogens is 282 g/mol. The van der Waals surface area contributed by atoms with Gasteiger partial charge in [-0.2, -0.15) is 18.3 Å². The number of rotatable bonds is 3. The van der Waals surface area contributed by atoms with Crippen molar-refractivity contribution >= 4 is 18.3 Å². The molecule has 0 amide bonds. The second kappa shape index (κ2) is 5.40. The Morgan fingerprint density at radius 3 is 1.45 bits per heavy atom. The molecule has 120 valence electrons. The van der Waals surface area contributed by atoms with Gasteiger partial charge in [-0.05, 0) is 84.6 Å². The Hall–Kier alpha value is 0.140. The summed E-state index contributed by atoms with van der Waals surface area (Å²) in [6.45, 7) is 16.1. The Balaban J connectivity index is 3.24. The molecule has 1 rings (SSSR count). The van der Waals surface area contributed by atoms with Gasteiger partial charge in [0.05, 0.1) is 0 Å². The van der Waals surface area contributed by atoms with E-state index in [0.29, 0.717) is 5.25 Å². The highest BCUT2D eigenvalue weighted by atomic mass is 33.2. The molecule has 0 radical (unpaired) electrons. The van der Waals surface area contributed by atoms with E-state index in [9.17, 15) is 0 Å². The zero-order valence-corrected chi connectivity index (χ0v) is 17.0. The maximum Gasteiger partial charge on any atom is 0.0389 e. The van der Waals surface area contributed by atoms with Crippen molar-refractivity contribution in [3.8, 4) is 0 Å². The average molecular weight is 318 g/mol. The van der Waals surface area contributed by atoms with Crippen LogP contribution in [0.3, 0.4) is 0 Å². The number of nitrogens with one attached hydrogen (secondary N) is 1. The van der Waals surface area contributed by atoms with Crippen LogP contribution in [0, 0.1) is 0 Å². The Kier molecular flexibility index (Phi) is 4.91. The predicted molar refractivity (Wildman–Crippen MR) is 102 cm³/mol. The summed E-state index contributed by atoms with van der Waals surface area (Å²) in [7, 11) is -1.63. The van der Waals surface area contributed by atoms with Crippen molar-refractivity contribution in [3.63, 3.8) is 0 Å². The van der Waals surface area contributed by atoms with Gasteiger partial charge < -0.3 is 0 Å². The third kappa shape index (κ3) is 3.15. The Morgan fingerprint density at radius 1 is 0.800 bits per heavy atom. The van der Waals surface area contributed by atoms with Crippen molar-refractivity contribution < 1.29 is 0 Å². The first-order valence-corrected chi connectivity index (χ1v) is 12.8. The van der Waals surface area contributed by atoms with Crippen molar-refractivity contribution in [2.45, 2.75) is 59.3 Å². The van der Waals surface area contributed by atoms with Crippen LogP contribution < -0.4 is 4.72 Å². The maximum absolute atomic E-state index is 3.96. The molecule has 1 N–H and O–H groups in total. The highest BCUT2D eigenvalue weighted by Gasteiger charge is 2.41. The van der Waals surface area contributed by atoms with Crippen molar-refractivity contribution in [1.82, 2.24) is 4.72 Å². The quantitative estimate of drug-likeness (QED) is 0.688. The van der Waals surface area contributed by atoms with Gasteiger partial charge >= 0.3 is 0 Å². The molecule has 0 heterocycles. The van der Waals surface area contributed by atoms with E-state index >= 15 is 0 Å². The van der Waals surface area contributed by atoms with Gasteiger partial charge in [0.15, 0.2) is 0 Å². The lowest BCUT2D eigenvalue weighted by molar-refractivity contribution is 0.533. The fourth-order valence-corrected chi connectivity index (χ4v) is 11.2. The van der Waals surface area contributed by atoms with Crippen molar-refractivity contribution in [2.24, 2.45) is 0 Å². The number of allylic oxidation sites excluding steroid dienone is 2. The van der Waals surface area contributed by atoms with Crippen molar-refractivity contribution in [3.05, 3.63) is 22.3 Å². The first-order valence-electron chi connectivity index (χ1n) is 7.32. The molecule has 1 aliphatic carbocycles. The van der Waals surface area contributed by atoms with E-state index < -0.39 is 18.3 Å². The molecule has 0 fully saturated rings. The van der Waals surface area contributed by atoms with Crippen LogP contribution in [0.5, 0.6) is 0 Å². The average Bonchev–Trinajstić information content (AvgIpc) is 2.39. The standard InChI is InChI=1S/C17H35NS2/c1-12-13(2)15(4)16(14(12)3)19(8,9)20(10,11)18-17(5,6)7/h16,18H,1-11H3. The summed E-state index contributed by atoms with van der Waals surface area (Å²) in [6, 6.07) is 0. The Morgan fingerprint density at radius 2 is 1.15 bits per heavy atom. The molecule has 1 aliphatic rings. The van der Waals surface area contributed by atoms with Gasteiger partial charge in [-0.15, -0.1) is 0 Å². The highest BCUT2D eigenvalue weighted by molar-refractivity contribution is 9.07. The van der Waals surface area contributed by atoms with Crippen molar-refractivity contribution in [1.29, 1.82) is 0 Å². The van der Waals surface area contributed by atoms with E-state index in [1.165, 1.54) is 11.1 Å². The summed E-state index contributed by atoms with van der Waals surface area (Å²) in [4.78, 5) is 0. The molecule has 0 unspecified atom stereocenters. The monoisotopic (exact) mass is 317 g/mol. The van der Waals surface area contributed by atoms with Crippen LogP contribution in [0.2, 0.25) is 0 Å². The number of hydrogen-bond donors (Lipinski definition) is 1. The molecule has 0 bridgehead atoms. The molecule has 1 nitrogen and oxygen atoms in total. The van der Waals surface area contributed by atoms with Crippen LogP contribution >= 0.6 is 18.3 Å². The molecular formula is C17H35NS2. The Labute approximate surface area is 129 Å². The molecule has 0 aromatic rings. The van der Waals surface area contributed by atoms with Crippen molar-refractivity contribution in [2.75, 3.05) is 25.0 Å². The van der Waals surface area contributed by atoms with Gasteiger partial charge in [-0.1, -0.05) is 11.1 Å². The first-order chi connectivity index (χ1) is 8.72. The molecule has 3 heteroatoms. The summed E-state index contributed by atoms with van der Waals surface area (Å²) in [5.74, 6) is 0. The summed E-state index contributed by atoms with van der Waals surface area (Å²) in [5, 5.41) is 0.655. The third-order valence-electron chi connectivity index (χ3n) is 4.73. The minimum absolute atomic E-state index is 0.182. The van der Waals surface area contributed by atoms with Gasteiger partial charge in [0, 0.05) is 10.8 Å². The molecule has 0 aromatic carbocycles. The zero-order chi connectivity index (χ0) is 16.1. The van der Waals surface area contributed by atoms with Crippen LogP contribution in [0.1, 0.15) is 48.5 Å². The smallest absolute Gasteiger partial charge is 0.0389 e. The van der Waals surface area contributed by atoms with E-state index in [4.69, 9.17) is 0 Å². The summed E-state index contributed by atoms with van der Waals surface area (Å²) in [6.07, 6.45) is 10.0. The highest BCUT2D eigenvalue weighted by Crippen LogP contribution is 2.77. The van der Waals surface area contributed by atoms with Crippen LogP contribution in [0.4, 0.5) is 0 Å². The first kappa shape index (κ1) is 18.2. The van der Waals surface area contributed by atoms with Gasteiger partial charge in [-0.3, -0.25) is 4.72 Å². The maximum atomic E-state index is 3.96. The minimum Gasteiger partial charge on any atom is -0.269 e. The van der Waals surface area contributed by atoms with Crippen LogP contribution in [-0.2, 0) is 0 Å². The topological polar surface area (TPSA) is 12.0 Å². The van der Waals surface area contributed by atoms with E-state index in [1.807, 2.05) is 0 Å². The van der Waals surface area contributed by atoms with Crippen LogP contribution in [0.15, 0.2) is 22.3 Å². The third-order valence-corrected chi connectivity index (χ3v) is 17.1. The van der Waals surface area contributed by atoms with E-state index in [0.717, 1.165) is 0 Å². The van der Waals surface area contributed by atoms with Gasteiger partial charge in [-0.25, -0.2) is 0 Å². The fourth-order valence-electron chi connectivity index (χ4n) is 3.25. The lowest BCUT2D eigenvalue weighted by Gasteiger charge is -2.58. The fraction of sp³-hybridized carbons (Fsp3) is 0.765. The van der Waals surface area contributed by atoms with Gasteiger partial charge in [0.25, 0.3) is 0 Å². The Bertz CT molecular complexity index is 438. The molecule has 0 saturated heterocycles. The SMILES string of the molecule is CC1=C(C)C(S(C)(C)S(C)(C)NC(C)(C)C)C(C)=C1C. The zero-order valence-electron chi connectivity index (χ0n) is 15.4. The summed E-state index contributed by atoms with van der Waals surface area (Å²) < 4.78 is 3.96. The molecule has 0 spiro atoms. The second-order valence-electron chi connectivity index (χ2n) is 7.89. The summed E-state index contributed by atoms with van der Waals surface area (Å²) in [5.41, 5.74) is 6.45. The van der Waals surface area contributed by atoms with Gasteiger partial charge in [0.2, 0.25) is 0 Å². The van der Waals surface area contributed by atoms with E-state index in [2.05, 4.69) is 78.2 Å². The lowest BCUT2D eigenvalue weighted by Crippen LogP contribution is -2.40. The van der Waals surface area contributed by atoms with Crippen LogP contribution in [0.25, 0.3) is 0 Å². The molecule has 0 aromatic heterocycles. The normalized spacial score (nSPS) is 20.9. The summed E-state index contributed by atoms with van der Waals surface area (Å²) >= 11 is 0. The predicted octanol–water partition coefficient (Wildman–Crippen LogP) is 5.39. The van der Waals surface area contributed by atoms with Crippen LogP contribution in [-0.4, -0.2) is 35.8 Å². The largest absolute Gasteiger partial charge is 0.269 e. The van der Waals surface area contributed by atoms with Gasteiger partial charge in [0.1, 0.15) is 0 Å².